The van der Waals surface area contributed by atoms with Gasteiger partial charge in [-0.15, -0.1) is 11.3 Å². The molecule has 1 fully saturated rings. The van der Waals surface area contributed by atoms with E-state index in [0.717, 1.165) is 24.7 Å². The van der Waals surface area contributed by atoms with Gasteiger partial charge in [-0.3, -0.25) is 0 Å². The van der Waals surface area contributed by atoms with E-state index in [4.69, 9.17) is 10.5 Å². The number of nitrogens with one attached hydrogen (secondary N) is 1. The summed E-state index contributed by atoms with van der Waals surface area (Å²) < 4.78 is 5.38. The molecule has 0 radical (unpaired) electrons. The third kappa shape index (κ3) is 2.55. The highest BCUT2D eigenvalue weighted by Gasteiger charge is 2.37. The summed E-state index contributed by atoms with van der Waals surface area (Å²) in [6.07, 6.45) is 1.83. The van der Waals surface area contributed by atoms with Crippen LogP contribution in [0.15, 0.2) is 11.6 Å². The summed E-state index contributed by atoms with van der Waals surface area (Å²) in [4.78, 5) is 4.22. The number of hydrogen-bond donors (Lipinski definition) is 2. The number of thiazole rings is 1. The molecule has 2 unspecified atom stereocenters. The zero-order valence-corrected chi connectivity index (χ0v) is 9.72. The van der Waals surface area contributed by atoms with E-state index in [2.05, 4.69) is 17.2 Å². The summed E-state index contributed by atoms with van der Waals surface area (Å²) in [7, 11) is 0. The number of nitrogens with two attached hydrogens (primary N) is 1. The lowest BCUT2D eigenvalue weighted by Crippen LogP contribution is -2.45. The van der Waals surface area contributed by atoms with Gasteiger partial charge in [0.05, 0.1) is 13.2 Å². The van der Waals surface area contributed by atoms with E-state index >= 15 is 0 Å². The van der Waals surface area contributed by atoms with E-state index in [1.54, 1.807) is 11.3 Å². The Hall–Kier alpha value is -0.490. The highest BCUT2D eigenvalue weighted by molar-refractivity contribution is 7.09. The Morgan fingerprint density at radius 1 is 1.80 bits per heavy atom. The maximum absolute atomic E-state index is 5.99. The van der Waals surface area contributed by atoms with Crippen LogP contribution >= 0.6 is 11.3 Å². The maximum atomic E-state index is 5.99. The summed E-state index contributed by atoms with van der Waals surface area (Å²) in [5, 5.41) is 6.49. The van der Waals surface area contributed by atoms with Crippen LogP contribution in [0.1, 0.15) is 11.9 Å². The predicted molar refractivity (Wildman–Crippen MR) is 60.7 cm³/mol. The zero-order chi connectivity index (χ0) is 10.7. The standard InChI is InChI=1S/C10H17N3OS/c1-10(7-14-5-8(10)11)6-12-4-9-13-2-3-15-9/h2-3,8,12H,4-7,11H2,1H3. The monoisotopic (exact) mass is 227 g/mol. The Kier molecular flexibility index (Phi) is 3.35. The second-order valence-electron chi connectivity index (χ2n) is 4.31. The molecule has 2 heterocycles. The molecule has 84 valence electrons. The third-order valence-corrected chi connectivity index (χ3v) is 3.69. The maximum Gasteiger partial charge on any atom is 0.106 e. The molecule has 1 aromatic heterocycles. The molecule has 5 heteroatoms. The van der Waals surface area contributed by atoms with Gasteiger partial charge in [-0.1, -0.05) is 6.92 Å². The first-order chi connectivity index (χ1) is 7.21. The van der Waals surface area contributed by atoms with Gasteiger partial charge >= 0.3 is 0 Å². The van der Waals surface area contributed by atoms with Crippen LogP contribution in [-0.4, -0.2) is 30.8 Å². The van der Waals surface area contributed by atoms with Crippen LogP contribution in [-0.2, 0) is 11.3 Å². The second kappa shape index (κ2) is 4.57. The first-order valence-electron chi connectivity index (χ1n) is 5.13. The minimum Gasteiger partial charge on any atom is -0.379 e. The van der Waals surface area contributed by atoms with Crippen molar-refractivity contribution in [2.24, 2.45) is 11.1 Å². The van der Waals surface area contributed by atoms with Crippen molar-refractivity contribution in [2.75, 3.05) is 19.8 Å². The Morgan fingerprint density at radius 2 is 2.67 bits per heavy atom. The largest absolute Gasteiger partial charge is 0.379 e. The van der Waals surface area contributed by atoms with Gasteiger partial charge < -0.3 is 15.8 Å². The van der Waals surface area contributed by atoms with Crippen LogP contribution in [0.5, 0.6) is 0 Å². The van der Waals surface area contributed by atoms with Crippen LogP contribution < -0.4 is 11.1 Å². The minimum absolute atomic E-state index is 0.0667. The predicted octanol–water partition coefficient (Wildman–Crippen LogP) is 0.597. The van der Waals surface area contributed by atoms with E-state index in [1.807, 2.05) is 11.6 Å². The van der Waals surface area contributed by atoms with Gasteiger partial charge in [0.2, 0.25) is 0 Å². The molecule has 0 spiro atoms. The van der Waals surface area contributed by atoms with Crippen molar-refractivity contribution >= 4 is 11.3 Å². The van der Waals surface area contributed by atoms with Crippen molar-refractivity contribution in [1.29, 1.82) is 0 Å². The van der Waals surface area contributed by atoms with E-state index in [0.29, 0.717) is 6.61 Å². The third-order valence-electron chi connectivity index (χ3n) is 2.91. The van der Waals surface area contributed by atoms with Crippen LogP contribution in [0.3, 0.4) is 0 Å². The normalized spacial score (nSPS) is 30.9. The van der Waals surface area contributed by atoms with Gasteiger partial charge in [0.15, 0.2) is 0 Å². The molecule has 15 heavy (non-hydrogen) atoms. The molecule has 3 N–H and O–H groups in total. The fraction of sp³-hybridized carbons (Fsp3) is 0.700. The molecule has 1 aromatic rings. The van der Waals surface area contributed by atoms with E-state index < -0.39 is 0 Å². The number of nitrogens with zero attached hydrogens (tertiary/aromatic N) is 1. The SMILES string of the molecule is CC1(CNCc2nccs2)COCC1N. The van der Waals surface area contributed by atoms with Crippen molar-refractivity contribution in [3.05, 3.63) is 16.6 Å². The first kappa shape index (κ1) is 11.0. The van der Waals surface area contributed by atoms with Gasteiger partial charge in [0.1, 0.15) is 5.01 Å². The zero-order valence-electron chi connectivity index (χ0n) is 8.90. The van der Waals surface area contributed by atoms with Gasteiger partial charge in [0.25, 0.3) is 0 Å². The fourth-order valence-corrected chi connectivity index (χ4v) is 2.29. The van der Waals surface area contributed by atoms with Crippen LogP contribution in [0.2, 0.25) is 0 Å². The molecule has 2 rings (SSSR count). The molecular weight excluding hydrogens is 210 g/mol. The number of rotatable bonds is 4. The average Bonchev–Trinajstić information content (AvgIpc) is 2.79. The number of ether oxygens (including phenoxy) is 1. The molecule has 0 bridgehead atoms. The fourth-order valence-electron chi connectivity index (χ4n) is 1.70. The Labute approximate surface area is 93.8 Å². The molecule has 0 aliphatic carbocycles. The molecule has 0 saturated carbocycles. The molecular formula is C10H17N3OS. The van der Waals surface area contributed by atoms with E-state index in [9.17, 15) is 0 Å². The van der Waals surface area contributed by atoms with Crippen LogP contribution in [0, 0.1) is 5.41 Å². The van der Waals surface area contributed by atoms with Gasteiger partial charge in [0, 0.05) is 36.1 Å². The second-order valence-corrected chi connectivity index (χ2v) is 5.28. The molecule has 0 amide bonds. The van der Waals surface area contributed by atoms with Crippen LogP contribution in [0.4, 0.5) is 0 Å². The number of aromatic nitrogens is 1. The summed E-state index contributed by atoms with van der Waals surface area (Å²) in [5.74, 6) is 0. The Balaban J connectivity index is 1.78. The lowest BCUT2D eigenvalue weighted by Gasteiger charge is -2.26. The van der Waals surface area contributed by atoms with Crippen molar-refractivity contribution in [1.82, 2.24) is 10.3 Å². The van der Waals surface area contributed by atoms with Crippen LogP contribution in [0.25, 0.3) is 0 Å². The number of hydrogen-bond acceptors (Lipinski definition) is 5. The van der Waals surface area contributed by atoms with Crippen molar-refractivity contribution < 1.29 is 4.74 Å². The highest BCUT2D eigenvalue weighted by atomic mass is 32.1. The molecule has 4 nitrogen and oxygen atoms in total. The molecule has 2 atom stereocenters. The molecule has 0 aromatic carbocycles. The topological polar surface area (TPSA) is 60.2 Å². The first-order valence-corrected chi connectivity index (χ1v) is 6.01. The Morgan fingerprint density at radius 3 is 3.27 bits per heavy atom. The van der Waals surface area contributed by atoms with Crippen molar-refractivity contribution in [3.8, 4) is 0 Å². The Bertz CT molecular complexity index is 304. The molecule has 1 saturated heterocycles. The van der Waals surface area contributed by atoms with Gasteiger partial charge in [-0.2, -0.15) is 0 Å². The summed E-state index contributed by atoms with van der Waals surface area (Å²) in [6, 6.07) is 0.140. The molecule has 1 aliphatic rings. The average molecular weight is 227 g/mol. The van der Waals surface area contributed by atoms with Gasteiger partial charge in [-0.25, -0.2) is 4.98 Å². The van der Waals surface area contributed by atoms with Crippen molar-refractivity contribution in [3.63, 3.8) is 0 Å². The minimum atomic E-state index is 0.0667. The summed E-state index contributed by atoms with van der Waals surface area (Å²) in [6.45, 7) is 5.29. The quantitative estimate of drug-likeness (QED) is 0.790. The molecule has 1 aliphatic heterocycles. The lowest BCUT2D eigenvalue weighted by molar-refractivity contribution is 0.158. The van der Waals surface area contributed by atoms with E-state index in [-0.39, 0.29) is 11.5 Å². The smallest absolute Gasteiger partial charge is 0.106 e. The summed E-state index contributed by atoms with van der Waals surface area (Å²) in [5.41, 5.74) is 6.06. The highest BCUT2D eigenvalue weighted by Crippen LogP contribution is 2.25. The van der Waals surface area contributed by atoms with Crippen molar-refractivity contribution in [2.45, 2.75) is 19.5 Å². The van der Waals surface area contributed by atoms with E-state index in [1.165, 1.54) is 0 Å². The van der Waals surface area contributed by atoms with Gasteiger partial charge in [-0.05, 0) is 0 Å². The summed E-state index contributed by atoms with van der Waals surface area (Å²) >= 11 is 1.67. The lowest BCUT2D eigenvalue weighted by atomic mass is 9.86.